The van der Waals surface area contributed by atoms with E-state index in [4.69, 9.17) is 16.3 Å². The van der Waals surface area contributed by atoms with Crippen molar-refractivity contribution in [3.63, 3.8) is 0 Å². The van der Waals surface area contributed by atoms with Crippen LogP contribution in [0.1, 0.15) is 5.56 Å². The van der Waals surface area contributed by atoms with Crippen molar-refractivity contribution < 1.29 is 13.9 Å². The van der Waals surface area contributed by atoms with Crippen molar-refractivity contribution >= 4 is 17.5 Å². The number of carbonyl (C=O) groups is 1. The first-order chi connectivity index (χ1) is 11.1. The smallest absolute Gasteiger partial charge is 0.236 e. The van der Waals surface area contributed by atoms with Gasteiger partial charge < -0.3 is 15.0 Å². The maximum absolute atomic E-state index is 13.1. The Morgan fingerprint density at radius 2 is 2.09 bits per heavy atom. The van der Waals surface area contributed by atoms with Gasteiger partial charge in [-0.2, -0.15) is 0 Å². The maximum Gasteiger partial charge on any atom is 0.236 e. The Morgan fingerprint density at radius 3 is 2.74 bits per heavy atom. The zero-order chi connectivity index (χ0) is 16.7. The average molecular weight is 344 g/mol. The highest BCUT2D eigenvalue weighted by atomic mass is 35.5. The van der Waals surface area contributed by atoms with E-state index in [1.165, 1.54) is 12.1 Å². The fourth-order valence-electron chi connectivity index (χ4n) is 2.53. The van der Waals surface area contributed by atoms with Gasteiger partial charge in [-0.3, -0.25) is 9.69 Å². The largest absolute Gasteiger partial charge is 0.383 e. The van der Waals surface area contributed by atoms with Crippen LogP contribution >= 0.6 is 11.6 Å². The second-order valence-corrected chi connectivity index (χ2v) is 5.97. The first-order valence-corrected chi connectivity index (χ1v) is 8.11. The minimum atomic E-state index is -0.324. The highest BCUT2D eigenvalue weighted by Crippen LogP contribution is 2.19. The molecule has 1 saturated heterocycles. The van der Waals surface area contributed by atoms with Gasteiger partial charge in [0.2, 0.25) is 5.91 Å². The third kappa shape index (κ3) is 5.73. The molecule has 0 atom stereocenters. The van der Waals surface area contributed by atoms with Gasteiger partial charge in [0.1, 0.15) is 5.82 Å². The molecule has 5 nitrogen and oxygen atoms in total. The predicted molar refractivity (Wildman–Crippen MR) is 88.0 cm³/mol. The van der Waals surface area contributed by atoms with Crippen LogP contribution < -0.4 is 5.32 Å². The molecule has 1 aliphatic heterocycles. The molecule has 0 radical (unpaired) electrons. The molecule has 23 heavy (non-hydrogen) atoms. The second-order valence-electron chi connectivity index (χ2n) is 5.56. The van der Waals surface area contributed by atoms with E-state index in [2.05, 4.69) is 10.2 Å². The molecule has 1 amide bonds. The quantitative estimate of drug-likeness (QED) is 0.759. The number of nitrogens with one attached hydrogen (secondary N) is 1. The van der Waals surface area contributed by atoms with Crippen LogP contribution in [0.15, 0.2) is 18.2 Å². The van der Waals surface area contributed by atoms with Crippen LogP contribution in [0.4, 0.5) is 4.39 Å². The second kappa shape index (κ2) is 9.17. The zero-order valence-corrected chi connectivity index (χ0v) is 14.1. The van der Waals surface area contributed by atoms with Crippen molar-refractivity contribution in [1.29, 1.82) is 0 Å². The van der Waals surface area contributed by atoms with Gasteiger partial charge in [0.25, 0.3) is 0 Å². The van der Waals surface area contributed by atoms with E-state index in [1.54, 1.807) is 13.2 Å². The number of hydrogen-bond acceptors (Lipinski definition) is 4. The van der Waals surface area contributed by atoms with Gasteiger partial charge in [0.05, 0.1) is 13.2 Å². The standard InChI is InChI=1S/C16H23ClFN3O2/c1-23-9-4-19-11-16(22)21-7-5-20(6-8-21)12-13-2-3-14(18)10-15(13)17/h2-3,10,19H,4-9,11-12H2,1H3. The normalized spacial score (nSPS) is 15.9. The summed E-state index contributed by atoms with van der Waals surface area (Å²) < 4.78 is 18.0. The molecule has 0 bridgehead atoms. The third-order valence-corrected chi connectivity index (χ3v) is 4.25. The van der Waals surface area contributed by atoms with E-state index in [0.29, 0.717) is 44.4 Å². The van der Waals surface area contributed by atoms with Gasteiger partial charge in [-0.25, -0.2) is 4.39 Å². The molecule has 1 heterocycles. The summed E-state index contributed by atoms with van der Waals surface area (Å²) in [6.07, 6.45) is 0. The molecule has 1 N–H and O–H groups in total. The maximum atomic E-state index is 13.1. The van der Waals surface area contributed by atoms with Crippen LogP contribution in [0.5, 0.6) is 0 Å². The van der Waals surface area contributed by atoms with E-state index in [0.717, 1.165) is 18.7 Å². The molecule has 7 heteroatoms. The molecular formula is C16H23ClFN3O2. The van der Waals surface area contributed by atoms with Crippen LogP contribution in [-0.2, 0) is 16.1 Å². The van der Waals surface area contributed by atoms with E-state index in [9.17, 15) is 9.18 Å². The first kappa shape index (κ1) is 18.1. The van der Waals surface area contributed by atoms with Crippen molar-refractivity contribution in [2.75, 3.05) is 53.0 Å². The number of carbonyl (C=O) groups excluding carboxylic acids is 1. The van der Waals surface area contributed by atoms with Crippen molar-refractivity contribution in [2.24, 2.45) is 0 Å². The van der Waals surface area contributed by atoms with E-state index >= 15 is 0 Å². The van der Waals surface area contributed by atoms with Crippen LogP contribution in [0, 0.1) is 5.82 Å². The summed E-state index contributed by atoms with van der Waals surface area (Å²) in [6.45, 7) is 5.26. The Morgan fingerprint density at radius 1 is 1.35 bits per heavy atom. The lowest BCUT2D eigenvalue weighted by molar-refractivity contribution is -0.132. The Labute approximate surface area is 141 Å². The molecule has 1 aromatic carbocycles. The lowest BCUT2D eigenvalue weighted by atomic mass is 10.2. The van der Waals surface area contributed by atoms with Gasteiger partial charge in [-0.05, 0) is 17.7 Å². The summed E-state index contributed by atoms with van der Waals surface area (Å²) in [4.78, 5) is 16.1. The Bertz CT molecular complexity index is 522. The fraction of sp³-hybridized carbons (Fsp3) is 0.562. The molecule has 2 rings (SSSR count). The molecule has 0 unspecified atom stereocenters. The number of hydrogen-bond donors (Lipinski definition) is 1. The van der Waals surface area contributed by atoms with Crippen molar-refractivity contribution in [2.45, 2.75) is 6.54 Å². The Kier molecular flexibility index (Phi) is 7.23. The predicted octanol–water partition coefficient (Wildman–Crippen LogP) is 1.36. The summed E-state index contributed by atoms with van der Waals surface area (Å²) in [6, 6.07) is 4.48. The summed E-state index contributed by atoms with van der Waals surface area (Å²) in [5, 5.41) is 3.51. The van der Waals surface area contributed by atoms with Gasteiger partial charge in [0.15, 0.2) is 0 Å². The molecule has 0 aliphatic carbocycles. The number of benzene rings is 1. The van der Waals surface area contributed by atoms with E-state index in [1.807, 2.05) is 4.90 Å². The Hall–Kier alpha value is -1.21. The SMILES string of the molecule is COCCNCC(=O)N1CCN(Cc2ccc(F)cc2Cl)CC1. The van der Waals surface area contributed by atoms with Crippen molar-refractivity contribution in [1.82, 2.24) is 15.1 Å². The number of amides is 1. The van der Waals surface area contributed by atoms with Crippen molar-refractivity contribution in [3.8, 4) is 0 Å². The highest BCUT2D eigenvalue weighted by molar-refractivity contribution is 6.31. The fourth-order valence-corrected chi connectivity index (χ4v) is 2.75. The molecule has 1 aliphatic rings. The lowest BCUT2D eigenvalue weighted by Gasteiger charge is -2.35. The molecule has 128 valence electrons. The van der Waals surface area contributed by atoms with Crippen LogP contribution in [0.2, 0.25) is 5.02 Å². The molecule has 1 aromatic rings. The molecule has 1 fully saturated rings. The van der Waals surface area contributed by atoms with Crippen molar-refractivity contribution in [3.05, 3.63) is 34.6 Å². The third-order valence-electron chi connectivity index (χ3n) is 3.89. The zero-order valence-electron chi connectivity index (χ0n) is 13.4. The molecular weight excluding hydrogens is 321 g/mol. The topological polar surface area (TPSA) is 44.8 Å². The van der Waals surface area contributed by atoms with E-state index in [-0.39, 0.29) is 11.7 Å². The summed E-state index contributed by atoms with van der Waals surface area (Å²) in [7, 11) is 1.64. The number of methoxy groups -OCH3 is 1. The Balaban J connectivity index is 1.74. The van der Waals surface area contributed by atoms with Gasteiger partial charge >= 0.3 is 0 Å². The number of halogens is 2. The van der Waals surface area contributed by atoms with Crippen LogP contribution in [-0.4, -0.2) is 68.7 Å². The molecule has 0 saturated carbocycles. The van der Waals surface area contributed by atoms with Gasteiger partial charge in [-0.15, -0.1) is 0 Å². The minimum Gasteiger partial charge on any atom is -0.383 e. The number of rotatable bonds is 7. The summed E-state index contributed by atoms with van der Waals surface area (Å²) >= 11 is 6.06. The van der Waals surface area contributed by atoms with Gasteiger partial charge in [0, 0.05) is 51.4 Å². The van der Waals surface area contributed by atoms with Crippen LogP contribution in [0.25, 0.3) is 0 Å². The minimum absolute atomic E-state index is 0.112. The highest BCUT2D eigenvalue weighted by Gasteiger charge is 2.21. The van der Waals surface area contributed by atoms with Crippen LogP contribution in [0.3, 0.4) is 0 Å². The lowest BCUT2D eigenvalue weighted by Crippen LogP contribution is -2.50. The molecule has 0 spiro atoms. The summed E-state index contributed by atoms with van der Waals surface area (Å²) in [5.41, 5.74) is 0.911. The number of ether oxygens (including phenoxy) is 1. The monoisotopic (exact) mass is 343 g/mol. The molecule has 0 aromatic heterocycles. The van der Waals surface area contributed by atoms with E-state index < -0.39 is 0 Å². The number of piperazine rings is 1. The van der Waals surface area contributed by atoms with Gasteiger partial charge in [-0.1, -0.05) is 17.7 Å². The summed E-state index contributed by atoms with van der Waals surface area (Å²) in [5.74, 6) is -0.212. The first-order valence-electron chi connectivity index (χ1n) is 7.74. The number of nitrogens with zero attached hydrogens (tertiary/aromatic N) is 2. The average Bonchev–Trinajstić information content (AvgIpc) is 2.55.